The van der Waals surface area contributed by atoms with Gasteiger partial charge in [0.1, 0.15) is 33.7 Å². The summed E-state index contributed by atoms with van der Waals surface area (Å²) in [6, 6.07) is 5.12. The van der Waals surface area contributed by atoms with Crippen molar-refractivity contribution < 1.29 is 9.47 Å². The van der Waals surface area contributed by atoms with Crippen LogP contribution in [0.15, 0.2) is 30.7 Å². The highest BCUT2D eigenvalue weighted by atomic mass is 35.5. The number of aromatic nitrogens is 4. The van der Waals surface area contributed by atoms with Crippen LogP contribution in [-0.2, 0) is 0 Å². The number of halogens is 3. The molecule has 0 radical (unpaired) electrons. The largest absolute Gasteiger partial charge is 0.495 e. The minimum absolute atomic E-state index is 0.0731. The molecule has 2 heterocycles. The van der Waals surface area contributed by atoms with Crippen LogP contribution in [0.2, 0.25) is 15.3 Å². The highest BCUT2D eigenvalue weighted by molar-refractivity contribution is 6.41. The van der Waals surface area contributed by atoms with E-state index >= 15 is 0 Å². The smallest absolute Gasteiger partial charge is 0.225 e. The van der Waals surface area contributed by atoms with Crippen molar-refractivity contribution in [1.82, 2.24) is 19.9 Å². The van der Waals surface area contributed by atoms with E-state index in [9.17, 15) is 0 Å². The Bertz CT molecular complexity index is 927. The third-order valence-electron chi connectivity index (χ3n) is 3.41. The lowest BCUT2D eigenvalue weighted by atomic mass is 10.2. The Hall–Kier alpha value is -2.35. The molecule has 0 bridgehead atoms. The van der Waals surface area contributed by atoms with Crippen LogP contribution in [0, 0.1) is 0 Å². The lowest BCUT2D eigenvalue weighted by Crippen LogP contribution is -2.02. The number of hydrogen-bond donors (Lipinski definition) is 1. The average Bonchev–Trinajstić information content (AvgIpc) is 2.66. The first-order valence-corrected chi connectivity index (χ1v) is 8.35. The van der Waals surface area contributed by atoms with Gasteiger partial charge in [-0.3, -0.25) is 0 Å². The molecule has 0 saturated heterocycles. The van der Waals surface area contributed by atoms with Crippen LogP contribution in [0.3, 0.4) is 0 Å². The summed E-state index contributed by atoms with van der Waals surface area (Å²) in [6.45, 7) is 0. The molecule has 0 spiro atoms. The molecule has 0 aliphatic carbocycles. The third kappa shape index (κ3) is 3.60. The second-order valence-corrected chi connectivity index (χ2v) is 5.98. The van der Waals surface area contributed by atoms with E-state index in [0.29, 0.717) is 34.4 Å². The number of nitrogens with zero attached hydrogens (tertiary/aromatic N) is 4. The Morgan fingerprint density at radius 1 is 0.962 bits per heavy atom. The van der Waals surface area contributed by atoms with Crippen LogP contribution >= 0.6 is 34.8 Å². The molecule has 134 valence electrons. The summed E-state index contributed by atoms with van der Waals surface area (Å²) in [5.41, 5.74) is 0.968. The predicted octanol–water partition coefficient (Wildman–Crippen LogP) is 4.65. The molecule has 26 heavy (non-hydrogen) atoms. The molecule has 1 N–H and O–H groups in total. The maximum absolute atomic E-state index is 6.40. The molecular formula is C16H12Cl3N5O2. The summed E-state index contributed by atoms with van der Waals surface area (Å²) in [5, 5.41) is 3.73. The lowest BCUT2D eigenvalue weighted by Gasteiger charge is -2.16. The zero-order chi connectivity index (χ0) is 18.7. The number of hydrogen-bond acceptors (Lipinski definition) is 7. The van der Waals surface area contributed by atoms with E-state index in [1.807, 2.05) is 0 Å². The van der Waals surface area contributed by atoms with E-state index in [-0.39, 0.29) is 15.3 Å². The van der Waals surface area contributed by atoms with Crippen molar-refractivity contribution in [1.29, 1.82) is 0 Å². The van der Waals surface area contributed by atoms with Crippen LogP contribution in [-0.4, -0.2) is 34.2 Å². The fourth-order valence-corrected chi connectivity index (χ4v) is 2.92. The third-order valence-corrected chi connectivity index (χ3v) is 4.34. The molecule has 3 aromatic rings. The fraction of sp³-hybridized carbons (Fsp3) is 0.125. The van der Waals surface area contributed by atoms with Gasteiger partial charge in [-0.2, -0.15) is 4.98 Å². The Morgan fingerprint density at radius 2 is 1.65 bits per heavy atom. The summed E-state index contributed by atoms with van der Waals surface area (Å²) in [5.74, 6) is 1.57. The van der Waals surface area contributed by atoms with Gasteiger partial charge in [-0.25, -0.2) is 15.0 Å². The molecule has 0 fully saturated rings. The molecule has 0 atom stereocenters. The van der Waals surface area contributed by atoms with Gasteiger partial charge in [0.15, 0.2) is 5.82 Å². The van der Waals surface area contributed by atoms with E-state index in [1.54, 1.807) is 24.4 Å². The SMILES string of the molecule is COc1cc(OC)c(Cl)c(Nc2ncccc2-c2ncnc(Cl)n2)c1Cl. The molecule has 0 aliphatic heterocycles. The minimum atomic E-state index is 0.0731. The molecule has 10 heteroatoms. The highest BCUT2D eigenvalue weighted by Crippen LogP contribution is 2.45. The van der Waals surface area contributed by atoms with Crippen LogP contribution < -0.4 is 14.8 Å². The Morgan fingerprint density at radius 3 is 2.27 bits per heavy atom. The van der Waals surface area contributed by atoms with Gasteiger partial charge in [0.05, 0.1) is 25.5 Å². The van der Waals surface area contributed by atoms with E-state index < -0.39 is 0 Å². The van der Waals surface area contributed by atoms with Gasteiger partial charge in [0, 0.05) is 12.3 Å². The normalized spacial score (nSPS) is 10.5. The van der Waals surface area contributed by atoms with Crippen LogP contribution in [0.25, 0.3) is 11.4 Å². The number of anilines is 2. The number of benzene rings is 1. The fourth-order valence-electron chi connectivity index (χ4n) is 2.21. The summed E-state index contributed by atoms with van der Waals surface area (Å²) < 4.78 is 10.5. The van der Waals surface area contributed by atoms with E-state index in [0.717, 1.165) is 0 Å². The molecule has 3 rings (SSSR count). The maximum atomic E-state index is 6.40. The van der Waals surface area contributed by atoms with Gasteiger partial charge in [0.25, 0.3) is 0 Å². The Labute approximate surface area is 164 Å². The van der Waals surface area contributed by atoms with Crippen molar-refractivity contribution in [2.75, 3.05) is 19.5 Å². The lowest BCUT2D eigenvalue weighted by molar-refractivity contribution is 0.395. The van der Waals surface area contributed by atoms with E-state index in [1.165, 1.54) is 20.5 Å². The van der Waals surface area contributed by atoms with Crippen molar-refractivity contribution in [3.63, 3.8) is 0 Å². The molecule has 1 aromatic carbocycles. The van der Waals surface area contributed by atoms with Gasteiger partial charge in [-0.15, -0.1) is 0 Å². The molecule has 2 aromatic heterocycles. The van der Waals surface area contributed by atoms with Gasteiger partial charge in [-0.1, -0.05) is 23.2 Å². The highest BCUT2D eigenvalue weighted by Gasteiger charge is 2.19. The van der Waals surface area contributed by atoms with Crippen molar-refractivity contribution in [3.8, 4) is 22.9 Å². The van der Waals surface area contributed by atoms with Gasteiger partial charge in [-0.05, 0) is 23.7 Å². The van der Waals surface area contributed by atoms with Gasteiger partial charge < -0.3 is 14.8 Å². The number of rotatable bonds is 5. The predicted molar refractivity (Wildman–Crippen MR) is 101 cm³/mol. The Balaban J connectivity index is 2.11. The number of ether oxygens (including phenoxy) is 2. The molecule has 0 amide bonds. The van der Waals surface area contributed by atoms with Crippen molar-refractivity contribution in [2.24, 2.45) is 0 Å². The first kappa shape index (κ1) is 18.4. The Kier molecular flexibility index (Phi) is 5.61. The second-order valence-electron chi connectivity index (χ2n) is 4.89. The molecular weight excluding hydrogens is 401 g/mol. The minimum Gasteiger partial charge on any atom is -0.495 e. The summed E-state index contributed by atoms with van der Waals surface area (Å²) in [7, 11) is 2.99. The van der Waals surface area contributed by atoms with Crippen molar-refractivity contribution in [2.45, 2.75) is 0 Å². The van der Waals surface area contributed by atoms with E-state index in [4.69, 9.17) is 44.3 Å². The number of methoxy groups -OCH3 is 2. The van der Waals surface area contributed by atoms with Crippen molar-refractivity contribution in [3.05, 3.63) is 46.1 Å². The molecule has 0 saturated carbocycles. The summed E-state index contributed by atoms with van der Waals surface area (Å²) in [4.78, 5) is 16.3. The van der Waals surface area contributed by atoms with Crippen LogP contribution in [0.4, 0.5) is 11.5 Å². The van der Waals surface area contributed by atoms with Crippen LogP contribution in [0.1, 0.15) is 0 Å². The zero-order valence-electron chi connectivity index (χ0n) is 13.6. The number of nitrogens with one attached hydrogen (secondary N) is 1. The standard InChI is InChI=1S/C16H12Cl3N5O2/c1-25-9-6-10(26-2)12(18)13(11(9)17)23-14-8(4-3-5-20-14)15-21-7-22-16(19)24-15/h3-7H,1-2H3,(H,20,23). The molecule has 0 unspecified atom stereocenters. The van der Waals surface area contributed by atoms with Crippen LogP contribution in [0.5, 0.6) is 11.5 Å². The first-order valence-electron chi connectivity index (χ1n) is 7.22. The summed E-state index contributed by atoms with van der Waals surface area (Å²) >= 11 is 18.7. The average molecular weight is 413 g/mol. The summed E-state index contributed by atoms with van der Waals surface area (Å²) in [6.07, 6.45) is 2.92. The second kappa shape index (κ2) is 7.90. The first-order chi connectivity index (χ1) is 12.5. The maximum Gasteiger partial charge on any atom is 0.225 e. The van der Waals surface area contributed by atoms with Crippen molar-refractivity contribution >= 4 is 46.3 Å². The number of pyridine rings is 1. The topological polar surface area (TPSA) is 82.0 Å². The molecule has 0 aliphatic rings. The quantitative estimate of drug-likeness (QED) is 0.653. The van der Waals surface area contributed by atoms with E-state index in [2.05, 4.69) is 25.3 Å². The van der Waals surface area contributed by atoms with Gasteiger partial charge >= 0.3 is 0 Å². The van der Waals surface area contributed by atoms with Gasteiger partial charge in [0.2, 0.25) is 5.28 Å². The molecule has 7 nitrogen and oxygen atoms in total. The monoisotopic (exact) mass is 411 g/mol. The zero-order valence-corrected chi connectivity index (χ0v) is 15.9.